The highest BCUT2D eigenvalue weighted by Crippen LogP contribution is 2.34. The van der Waals surface area contributed by atoms with E-state index < -0.39 is 28.9 Å². The predicted octanol–water partition coefficient (Wildman–Crippen LogP) is 1.86. The fraction of sp³-hybridized carbons (Fsp3) is 0.267. The molecule has 24 heavy (non-hydrogen) atoms. The number of carbonyl (C=O) groups is 2. The topological polar surface area (TPSA) is 99.2 Å². The maximum atomic E-state index is 12.9. The minimum absolute atomic E-state index is 0.178. The first kappa shape index (κ1) is 19.2. The summed E-state index contributed by atoms with van der Waals surface area (Å²) in [5.41, 5.74) is 3.28. The van der Waals surface area contributed by atoms with Crippen molar-refractivity contribution in [2.24, 2.45) is 5.73 Å². The number of halogens is 3. The molecule has 6 nitrogen and oxygen atoms in total. The number of hydrogen-bond donors (Lipinski definition) is 2. The lowest BCUT2D eigenvalue weighted by atomic mass is 10.1. The number of nitriles is 1. The number of rotatable bonds is 7. The maximum Gasteiger partial charge on any atom is 0.418 e. The van der Waals surface area contributed by atoms with Crippen molar-refractivity contribution >= 4 is 18.0 Å². The molecule has 2 amide bonds. The lowest BCUT2D eigenvalue weighted by molar-refractivity contribution is -0.137. The largest absolute Gasteiger partial charge is 0.418 e. The van der Waals surface area contributed by atoms with Crippen molar-refractivity contribution in [1.29, 1.82) is 5.26 Å². The van der Waals surface area contributed by atoms with Gasteiger partial charge in [-0.05, 0) is 25.1 Å². The number of nitrogens with zero attached hydrogens (tertiary/aromatic N) is 2. The normalized spacial score (nSPS) is 11.5. The highest BCUT2D eigenvalue weighted by atomic mass is 19.4. The van der Waals surface area contributed by atoms with Crippen LogP contribution in [-0.4, -0.2) is 30.3 Å². The summed E-state index contributed by atoms with van der Waals surface area (Å²) in [5, 5.41) is 11.0. The zero-order chi connectivity index (χ0) is 18.2. The van der Waals surface area contributed by atoms with Gasteiger partial charge in [-0.3, -0.25) is 9.59 Å². The number of alkyl halides is 3. The summed E-state index contributed by atoms with van der Waals surface area (Å²) in [6.07, 6.45) is -2.86. The van der Waals surface area contributed by atoms with Crippen LogP contribution in [0, 0.1) is 11.3 Å². The summed E-state index contributed by atoms with van der Waals surface area (Å²) in [4.78, 5) is 23.9. The molecule has 0 fully saturated rings. The van der Waals surface area contributed by atoms with Crippen LogP contribution in [0.1, 0.15) is 12.0 Å². The van der Waals surface area contributed by atoms with E-state index in [1.165, 1.54) is 12.1 Å². The van der Waals surface area contributed by atoms with Gasteiger partial charge in [0.05, 0.1) is 11.3 Å². The van der Waals surface area contributed by atoms with Gasteiger partial charge in [0.25, 0.3) is 5.91 Å². The van der Waals surface area contributed by atoms with Crippen molar-refractivity contribution in [1.82, 2.24) is 4.90 Å². The Bertz CT molecular complexity index is 665. The molecule has 0 atom stereocenters. The van der Waals surface area contributed by atoms with Crippen LogP contribution in [0.25, 0.3) is 0 Å². The number of para-hydroxylation sites is 1. The number of anilines is 1. The quantitative estimate of drug-likeness (QED) is 0.449. The molecule has 0 aliphatic heterocycles. The van der Waals surface area contributed by atoms with Crippen LogP contribution in [0.2, 0.25) is 0 Å². The van der Waals surface area contributed by atoms with Crippen molar-refractivity contribution in [3.63, 3.8) is 0 Å². The van der Waals surface area contributed by atoms with Crippen LogP contribution >= 0.6 is 0 Å². The second-order valence-corrected chi connectivity index (χ2v) is 4.64. The van der Waals surface area contributed by atoms with E-state index in [1.54, 1.807) is 6.07 Å². The maximum absolute atomic E-state index is 12.9. The van der Waals surface area contributed by atoms with Crippen molar-refractivity contribution in [2.75, 3.05) is 18.4 Å². The summed E-state index contributed by atoms with van der Waals surface area (Å²) in [6, 6.07) is 5.94. The molecule has 3 N–H and O–H groups in total. The van der Waals surface area contributed by atoms with E-state index in [9.17, 15) is 22.8 Å². The smallest absolute Gasteiger partial charge is 0.330 e. The van der Waals surface area contributed by atoms with E-state index in [2.05, 4.69) is 0 Å². The van der Waals surface area contributed by atoms with Gasteiger partial charge in [0.1, 0.15) is 11.6 Å². The molecule has 0 aromatic heterocycles. The first-order valence-electron chi connectivity index (χ1n) is 6.84. The van der Waals surface area contributed by atoms with Crippen molar-refractivity contribution < 1.29 is 22.8 Å². The Hall–Kier alpha value is -2.86. The van der Waals surface area contributed by atoms with E-state index in [4.69, 9.17) is 11.0 Å². The fourth-order valence-electron chi connectivity index (χ4n) is 1.75. The van der Waals surface area contributed by atoms with E-state index in [0.29, 0.717) is 19.4 Å². The first-order valence-corrected chi connectivity index (χ1v) is 6.84. The Labute approximate surface area is 136 Å². The number of carbonyl (C=O) groups excluding carboxylic acids is 2. The minimum Gasteiger partial charge on any atom is -0.330 e. The molecule has 1 aromatic rings. The molecule has 128 valence electrons. The van der Waals surface area contributed by atoms with Gasteiger partial charge in [-0.25, -0.2) is 0 Å². The molecule has 0 bridgehead atoms. The van der Waals surface area contributed by atoms with Crippen LogP contribution in [0.5, 0.6) is 0 Å². The van der Waals surface area contributed by atoms with Crippen molar-refractivity contribution in [3.05, 3.63) is 41.6 Å². The average molecular weight is 340 g/mol. The molecule has 0 spiro atoms. The van der Waals surface area contributed by atoms with E-state index in [-0.39, 0.29) is 6.54 Å². The third-order valence-electron chi connectivity index (χ3n) is 2.90. The molecular formula is C15H15F3N4O2. The van der Waals surface area contributed by atoms with Gasteiger partial charge in [-0.15, -0.1) is 0 Å². The molecule has 9 heteroatoms. The molecule has 0 aliphatic rings. The lowest BCUT2D eigenvalue weighted by Crippen LogP contribution is -2.23. The second-order valence-electron chi connectivity index (χ2n) is 4.64. The Morgan fingerprint density at radius 2 is 2.04 bits per heavy atom. The molecular weight excluding hydrogens is 325 g/mol. The number of nitrogens with one attached hydrogen (secondary N) is 1. The molecule has 0 radical (unpaired) electrons. The Kier molecular flexibility index (Phi) is 6.95. The standard InChI is InChI=1S/C15H15F3N4O2/c16-15(17,18)12-4-1-2-5-13(12)21-14(24)11(8-20)9-22(10-23)7-3-6-19/h1-2,4-5,9-10H,3,6-7,19H2,(H,21,24)/b11-9-. The highest BCUT2D eigenvalue weighted by molar-refractivity contribution is 6.07. The van der Waals surface area contributed by atoms with Crippen molar-refractivity contribution in [3.8, 4) is 6.07 Å². The number of amides is 2. The molecule has 1 aromatic carbocycles. The Balaban J connectivity index is 3.01. The summed E-state index contributed by atoms with van der Waals surface area (Å²) in [6.45, 7) is 0.475. The first-order chi connectivity index (χ1) is 11.3. The molecule has 0 unspecified atom stereocenters. The minimum atomic E-state index is -4.66. The Morgan fingerprint density at radius 3 is 2.58 bits per heavy atom. The average Bonchev–Trinajstić information content (AvgIpc) is 2.54. The van der Waals surface area contributed by atoms with Gasteiger partial charge in [0.15, 0.2) is 0 Å². The summed E-state index contributed by atoms with van der Waals surface area (Å²) in [7, 11) is 0. The third-order valence-corrected chi connectivity index (χ3v) is 2.90. The molecule has 0 aliphatic carbocycles. The Morgan fingerprint density at radius 1 is 1.38 bits per heavy atom. The van der Waals surface area contributed by atoms with Crippen LogP contribution in [0.4, 0.5) is 18.9 Å². The summed E-state index contributed by atoms with van der Waals surface area (Å²) in [5.74, 6) is -1.05. The molecule has 0 heterocycles. The number of hydrogen-bond acceptors (Lipinski definition) is 4. The van der Waals surface area contributed by atoms with E-state index in [1.807, 2.05) is 5.32 Å². The van der Waals surface area contributed by atoms with Gasteiger partial charge in [0, 0.05) is 12.7 Å². The highest BCUT2D eigenvalue weighted by Gasteiger charge is 2.33. The van der Waals surface area contributed by atoms with Crippen molar-refractivity contribution in [2.45, 2.75) is 12.6 Å². The summed E-state index contributed by atoms with van der Waals surface area (Å²) < 4.78 is 38.7. The molecule has 0 saturated carbocycles. The predicted molar refractivity (Wildman–Crippen MR) is 80.2 cm³/mol. The van der Waals surface area contributed by atoms with Crippen LogP contribution < -0.4 is 11.1 Å². The third kappa shape index (κ3) is 5.40. The van der Waals surface area contributed by atoms with Crippen LogP contribution in [0.3, 0.4) is 0 Å². The zero-order valence-electron chi connectivity index (χ0n) is 12.5. The van der Waals surface area contributed by atoms with Crippen LogP contribution in [-0.2, 0) is 15.8 Å². The van der Waals surface area contributed by atoms with E-state index >= 15 is 0 Å². The van der Waals surface area contributed by atoms with Gasteiger partial charge >= 0.3 is 6.18 Å². The number of benzene rings is 1. The van der Waals surface area contributed by atoms with Gasteiger partial charge < -0.3 is 16.0 Å². The van der Waals surface area contributed by atoms with E-state index in [0.717, 1.165) is 23.2 Å². The molecule has 0 saturated heterocycles. The monoisotopic (exact) mass is 340 g/mol. The second kappa shape index (κ2) is 8.69. The zero-order valence-corrected chi connectivity index (χ0v) is 12.5. The SMILES string of the molecule is N#C/C(=C/N(C=O)CCCN)C(=O)Nc1ccccc1C(F)(F)F. The number of nitrogens with two attached hydrogens (primary N) is 1. The fourth-order valence-corrected chi connectivity index (χ4v) is 1.75. The van der Waals surface area contributed by atoms with Gasteiger partial charge in [-0.1, -0.05) is 12.1 Å². The lowest BCUT2D eigenvalue weighted by Gasteiger charge is -2.14. The van der Waals surface area contributed by atoms with Crippen LogP contribution in [0.15, 0.2) is 36.0 Å². The molecule has 1 rings (SSSR count). The summed E-state index contributed by atoms with van der Waals surface area (Å²) >= 11 is 0. The van der Waals surface area contributed by atoms with Gasteiger partial charge in [-0.2, -0.15) is 18.4 Å². The van der Waals surface area contributed by atoms with Gasteiger partial charge in [0.2, 0.25) is 6.41 Å².